The number of hydrogen-bond acceptors (Lipinski definition) is 5. The molecular formula is C16H12F2N4O4. The van der Waals surface area contributed by atoms with Gasteiger partial charge in [-0.05, 0) is 18.2 Å². The lowest BCUT2D eigenvalue weighted by Crippen LogP contribution is -2.28. The fourth-order valence-corrected chi connectivity index (χ4v) is 2.31. The molecule has 0 saturated heterocycles. The Morgan fingerprint density at radius 1 is 1.23 bits per heavy atom. The van der Waals surface area contributed by atoms with Crippen LogP contribution in [0, 0.1) is 11.6 Å². The van der Waals surface area contributed by atoms with Gasteiger partial charge in [0.25, 0.3) is 0 Å². The zero-order chi connectivity index (χ0) is 18.8. The number of carbonyl (C=O) groups excluding carboxylic acids is 2. The van der Waals surface area contributed by atoms with Crippen LogP contribution >= 0.6 is 0 Å². The van der Waals surface area contributed by atoms with Crippen LogP contribution in [0.15, 0.2) is 41.3 Å². The number of anilines is 1. The van der Waals surface area contributed by atoms with Crippen LogP contribution in [0.1, 0.15) is 10.4 Å². The lowest BCUT2D eigenvalue weighted by atomic mass is 10.1. The number of ether oxygens (including phenoxy) is 1. The predicted octanol–water partition coefficient (Wildman–Crippen LogP) is 1.20. The van der Waals surface area contributed by atoms with E-state index in [9.17, 15) is 23.2 Å². The summed E-state index contributed by atoms with van der Waals surface area (Å²) in [6.07, 6.45) is 1.49. The average Bonchev–Trinajstić information content (AvgIpc) is 2.92. The van der Waals surface area contributed by atoms with Gasteiger partial charge in [-0.25, -0.2) is 23.1 Å². The Hall–Kier alpha value is -3.56. The maximum absolute atomic E-state index is 13.8. The molecule has 0 aliphatic rings. The van der Waals surface area contributed by atoms with E-state index in [2.05, 4.69) is 15.2 Å². The van der Waals surface area contributed by atoms with Crippen molar-refractivity contribution >= 4 is 23.2 Å². The molecule has 0 fully saturated rings. The average molecular weight is 362 g/mol. The third kappa shape index (κ3) is 3.16. The van der Waals surface area contributed by atoms with Crippen LogP contribution in [0.2, 0.25) is 0 Å². The topological polar surface area (TPSA) is 94.7 Å². The predicted molar refractivity (Wildman–Crippen MR) is 85.8 cm³/mol. The summed E-state index contributed by atoms with van der Waals surface area (Å²) in [4.78, 5) is 35.7. The number of aromatic nitrogens is 3. The van der Waals surface area contributed by atoms with Gasteiger partial charge in [-0.15, -0.1) is 5.10 Å². The van der Waals surface area contributed by atoms with E-state index in [1.165, 1.54) is 10.6 Å². The number of amides is 1. The van der Waals surface area contributed by atoms with Crippen LogP contribution in [0.4, 0.5) is 14.5 Å². The highest BCUT2D eigenvalue weighted by Crippen LogP contribution is 2.20. The Balaban J connectivity index is 1.84. The molecule has 0 atom stereocenters. The summed E-state index contributed by atoms with van der Waals surface area (Å²) in [5, 5.41) is 6.15. The van der Waals surface area contributed by atoms with E-state index in [4.69, 9.17) is 0 Å². The second-order valence-corrected chi connectivity index (χ2v) is 5.22. The van der Waals surface area contributed by atoms with E-state index >= 15 is 0 Å². The molecule has 2 aromatic heterocycles. The molecule has 134 valence electrons. The van der Waals surface area contributed by atoms with Crippen LogP contribution in [0.5, 0.6) is 0 Å². The van der Waals surface area contributed by atoms with Gasteiger partial charge in [0.1, 0.15) is 18.2 Å². The van der Waals surface area contributed by atoms with Crippen LogP contribution < -0.4 is 11.0 Å². The Morgan fingerprint density at radius 3 is 2.69 bits per heavy atom. The van der Waals surface area contributed by atoms with Gasteiger partial charge in [-0.2, -0.15) is 0 Å². The molecule has 0 bridgehead atoms. The quantitative estimate of drug-likeness (QED) is 0.704. The summed E-state index contributed by atoms with van der Waals surface area (Å²) >= 11 is 0. The number of nitrogens with one attached hydrogen (secondary N) is 1. The number of hydrogen-bond donors (Lipinski definition) is 1. The lowest BCUT2D eigenvalue weighted by molar-refractivity contribution is -0.117. The molecule has 0 saturated carbocycles. The molecule has 0 unspecified atom stereocenters. The second kappa shape index (κ2) is 6.75. The molecule has 1 amide bonds. The van der Waals surface area contributed by atoms with Gasteiger partial charge in [0.15, 0.2) is 5.65 Å². The number of halogens is 2. The van der Waals surface area contributed by atoms with Crippen LogP contribution in [0.25, 0.3) is 5.65 Å². The summed E-state index contributed by atoms with van der Waals surface area (Å²) < 4.78 is 34.0. The fraction of sp³-hybridized carbons (Fsp3) is 0.125. The molecule has 1 aromatic carbocycles. The van der Waals surface area contributed by atoms with Crippen molar-refractivity contribution < 1.29 is 23.1 Å². The van der Waals surface area contributed by atoms with Crippen molar-refractivity contribution in [2.75, 3.05) is 12.4 Å². The Bertz CT molecular complexity index is 1070. The van der Waals surface area contributed by atoms with Crippen molar-refractivity contribution in [2.45, 2.75) is 6.54 Å². The van der Waals surface area contributed by atoms with Crippen molar-refractivity contribution in [3.63, 3.8) is 0 Å². The van der Waals surface area contributed by atoms with Crippen molar-refractivity contribution in [3.05, 3.63) is 64.2 Å². The Morgan fingerprint density at radius 2 is 2.00 bits per heavy atom. The van der Waals surface area contributed by atoms with Crippen molar-refractivity contribution in [2.24, 2.45) is 0 Å². The van der Waals surface area contributed by atoms with Crippen LogP contribution in [-0.2, 0) is 16.1 Å². The molecule has 0 aliphatic carbocycles. The highest BCUT2D eigenvalue weighted by molar-refractivity contribution is 5.94. The van der Waals surface area contributed by atoms with Gasteiger partial charge in [-0.1, -0.05) is 6.07 Å². The monoisotopic (exact) mass is 362 g/mol. The number of benzene rings is 1. The molecule has 8 nitrogen and oxygen atoms in total. The van der Waals surface area contributed by atoms with Crippen LogP contribution in [0.3, 0.4) is 0 Å². The summed E-state index contributed by atoms with van der Waals surface area (Å²) in [5.74, 6) is -4.00. The molecule has 3 rings (SSSR count). The summed E-state index contributed by atoms with van der Waals surface area (Å²) in [6, 6.07) is 6.16. The smallest absolute Gasteiger partial charge is 0.350 e. The number of nitrogens with zero attached hydrogens (tertiary/aromatic N) is 3. The molecule has 10 heteroatoms. The van der Waals surface area contributed by atoms with Gasteiger partial charge < -0.3 is 10.1 Å². The largest absolute Gasteiger partial charge is 0.465 e. The molecule has 2 heterocycles. The van der Waals surface area contributed by atoms with E-state index in [0.717, 1.165) is 17.9 Å². The minimum atomic E-state index is -1.12. The second-order valence-electron chi connectivity index (χ2n) is 5.22. The highest BCUT2D eigenvalue weighted by atomic mass is 19.1. The SMILES string of the molecule is COC(=O)c1cc(NC(=O)Cn2nc3ccccn3c2=O)c(F)cc1F. The van der Waals surface area contributed by atoms with Gasteiger partial charge in [0, 0.05) is 12.3 Å². The number of methoxy groups -OCH3 is 1. The number of carbonyl (C=O) groups is 2. The maximum Gasteiger partial charge on any atom is 0.350 e. The Labute approximate surface area is 144 Å². The lowest BCUT2D eigenvalue weighted by Gasteiger charge is -2.09. The first-order valence-electron chi connectivity index (χ1n) is 7.32. The third-order valence-electron chi connectivity index (χ3n) is 3.52. The number of rotatable bonds is 4. The molecule has 1 N–H and O–H groups in total. The van der Waals surface area contributed by atoms with E-state index in [1.54, 1.807) is 18.2 Å². The van der Waals surface area contributed by atoms with Crippen LogP contribution in [-0.4, -0.2) is 33.2 Å². The molecule has 0 aliphatic heterocycles. The summed E-state index contributed by atoms with van der Waals surface area (Å²) in [7, 11) is 1.04. The molecule has 0 spiro atoms. The van der Waals surface area contributed by atoms with Crippen molar-refractivity contribution in [3.8, 4) is 0 Å². The zero-order valence-electron chi connectivity index (χ0n) is 13.4. The van der Waals surface area contributed by atoms with E-state index in [-0.39, 0.29) is 0 Å². The van der Waals surface area contributed by atoms with Gasteiger partial charge in [0.05, 0.1) is 18.4 Å². The van der Waals surface area contributed by atoms with Crippen molar-refractivity contribution in [1.29, 1.82) is 0 Å². The van der Waals surface area contributed by atoms with Gasteiger partial charge in [-0.3, -0.25) is 9.20 Å². The first-order chi connectivity index (χ1) is 12.4. The standard InChI is InChI=1S/C16H12F2N4O4/c1-26-15(24)9-6-12(11(18)7-10(9)17)19-14(23)8-22-16(25)21-5-3-2-4-13(21)20-22/h2-7H,8H2,1H3,(H,19,23). The first-order valence-corrected chi connectivity index (χ1v) is 7.32. The number of fused-ring (bicyclic) bond motifs is 1. The van der Waals surface area contributed by atoms with E-state index in [0.29, 0.717) is 11.7 Å². The summed E-state index contributed by atoms with van der Waals surface area (Å²) in [5.41, 5.74) is -1.17. The highest BCUT2D eigenvalue weighted by Gasteiger charge is 2.18. The summed E-state index contributed by atoms with van der Waals surface area (Å²) in [6.45, 7) is -0.495. The molecule has 0 radical (unpaired) electrons. The van der Waals surface area contributed by atoms with Gasteiger partial charge >= 0.3 is 11.7 Å². The third-order valence-corrected chi connectivity index (χ3v) is 3.52. The van der Waals surface area contributed by atoms with E-state index in [1.807, 2.05) is 0 Å². The number of pyridine rings is 1. The normalized spacial score (nSPS) is 10.7. The maximum atomic E-state index is 13.8. The molecule has 3 aromatic rings. The molecule has 26 heavy (non-hydrogen) atoms. The Kier molecular flexibility index (Phi) is 4.48. The minimum Gasteiger partial charge on any atom is -0.465 e. The molecular weight excluding hydrogens is 350 g/mol. The first kappa shape index (κ1) is 17.3. The van der Waals surface area contributed by atoms with Gasteiger partial charge in [0.2, 0.25) is 5.91 Å². The van der Waals surface area contributed by atoms with E-state index < -0.39 is 47.0 Å². The fourth-order valence-electron chi connectivity index (χ4n) is 2.31. The van der Waals surface area contributed by atoms with Crippen molar-refractivity contribution in [1.82, 2.24) is 14.2 Å². The zero-order valence-corrected chi connectivity index (χ0v) is 13.4. The minimum absolute atomic E-state index is 0.339. The number of esters is 1.